The molecule has 23 heavy (non-hydrogen) atoms. The molecule has 2 aromatic carbocycles. The van der Waals surface area contributed by atoms with Crippen molar-refractivity contribution in [1.29, 1.82) is 0 Å². The number of carbonyl (C=O) groups is 1. The molecule has 3 N–H and O–H groups in total. The predicted octanol–water partition coefficient (Wildman–Crippen LogP) is 4.24. The van der Waals surface area contributed by atoms with Gasteiger partial charge >= 0.3 is 5.97 Å². The molecule has 0 spiro atoms. The lowest BCUT2D eigenvalue weighted by atomic mass is 10.1. The van der Waals surface area contributed by atoms with Gasteiger partial charge in [-0.05, 0) is 17.7 Å². The van der Waals surface area contributed by atoms with E-state index in [1.165, 1.54) is 23.1 Å². The van der Waals surface area contributed by atoms with Crippen molar-refractivity contribution in [1.82, 2.24) is 4.98 Å². The second-order valence-electron chi connectivity index (χ2n) is 4.83. The van der Waals surface area contributed by atoms with E-state index in [-0.39, 0.29) is 5.75 Å². The van der Waals surface area contributed by atoms with E-state index in [0.29, 0.717) is 5.69 Å². The number of nitrogens with zero attached hydrogens (tertiary/aromatic N) is 1. The molecule has 0 saturated carbocycles. The second kappa shape index (κ2) is 6.85. The summed E-state index contributed by atoms with van der Waals surface area (Å²) >= 11 is 2.74. The van der Waals surface area contributed by atoms with Gasteiger partial charge in [-0.25, -0.2) is 4.98 Å². The number of carboxylic acids is 1. The second-order valence-corrected chi connectivity index (χ2v) is 7.05. The van der Waals surface area contributed by atoms with Crippen molar-refractivity contribution in [2.45, 2.75) is 4.34 Å². The standard InChI is InChI=1S/C17H14N2O2S2/c18-13-8-6-12(7-9-13)16-15(11-4-2-1-3-5-11)19-17(23-16)22-10-14(20)21/h1-9H,10,18H2,(H,20,21). The van der Waals surface area contributed by atoms with E-state index in [4.69, 9.17) is 10.8 Å². The molecule has 0 unspecified atom stereocenters. The summed E-state index contributed by atoms with van der Waals surface area (Å²) in [7, 11) is 0. The van der Waals surface area contributed by atoms with Crippen LogP contribution in [0.2, 0.25) is 0 Å². The Bertz CT molecular complexity index is 814. The third kappa shape index (κ3) is 3.72. The highest BCUT2D eigenvalue weighted by atomic mass is 32.2. The van der Waals surface area contributed by atoms with Crippen LogP contribution in [0.5, 0.6) is 0 Å². The van der Waals surface area contributed by atoms with Gasteiger partial charge in [0.1, 0.15) is 0 Å². The van der Waals surface area contributed by atoms with Crippen LogP contribution in [-0.2, 0) is 4.79 Å². The number of nitrogen functional groups attached to an aromatic ring is 1. The van der Waals surface area contributed by atoms with E-state index < -0.39 is 5.97 Å². The molecule has 0 atom stereocenters. The number of hydrogen-bond donors (Lipinski definition) is 2. The van der Waals surface area contributed by atoms with Crippen LogP contribution in [0, 0.1) is 0 Å². The summed E-state index contributed by atoms with van der Waals surface area (Å²) in [6.45, 7) is 0. The Morgan fingerprint density at radius 1 is 1.09 bits per heavy atom. The van der Waals surface area contributed by atoms with Gasteiger partial charge in [-0.2, -0.15) is 0 Å². The van der Waals surface area contributed by atoms with Crippen LogP contribution in [-0.4, -0.2) is 21.8 Å². The van der Waals surface area contributed by atoms with Gasteiger partial charge in [0.05, 0.1) is 16.3 Å². The Hall–Kier alpha value is -2.31. The van der Waals surface area contributed by atoms with Crippen molar-refractivity contribution in [3.05, 3.63) is 54.6 Å². The van der Waals surface area contributed by atoms with E-state index >= 15 is 0 Å². The minimum atomic E-state index is -0.847. The summed E-state index contributed by atoms with van der Waals surface area (Å²) < 4.78 is 0.748. The lowest BCUT2D eigenvalue weighted by Crippen LogP contribution is -1.96. The SMILES string of the molecule is Nc1ccc(-c2sc(SCC(=O)O)nc2-c2ccccc2)cc1. The summed E-state index contributed by atoms with van der Waals surface area (Å²) in [5, 5.41) is 8.86. The first-order chi connectivity index (χ1) is 11.1. The van der Waals surface area contributed by atoms with Crippen LogP contribution in [0.4, 0.5) is 5.69 Å². The quantitative estimate of drug-likeness (QED) is 0.536. The Morgan fingerprint density at radius 2 is 1.78 bits per heavy atom. The molecule has 0 fully saturated rings. The van der Waals surface area contributed by atoms with Gasteiger partial charge < -0.3 is 10.8 Å². The Kier molecular flexibility index (Phi) is 4.64. The van der Waals surface area contributed by atoms with Gasteiger partial charge in [0.25, 0.3) is 0 Å². The maximum Gasteiger partial charge on any atom is 0.313 e. The molecule has 0 amide bonds. The zero-order chi connectivity index (χ0) is 16.2. The van der Waals surface area contributed by atoms with Crippen LogP contribution in [0.1, 0.15) is 0 Å². The van der Waals surface area contributed by atoms with Crippen LogP contribution in [0.3, 0.4) is 0 Å². The van der Waals surface area contributed by atoms with E-state index in [1.54, 1.807) is 0 Å². The van der Waals surface area contributed by atoms with Crippen LogP contribution >= 0.6 is 23.1 Å². The number of hydrogen-bond acceptors (Lipinski definition) is 5. The van der Waals surface area contributed by atoms with E-state index in [1.807, 2.05) is 54.6 Å². The van der Waals surface area contributed by atoms with E-state index in [2.05, 4.69) is 4.98 Å². The molecule has 0 aliphatic carbocycles. The minimum absolute atomic E-state index is 0.00290. The van der Waals surface area contributed by atoms with Crippen LogP contribution in [0.25, 0.3) is 21.7 Å². The maximum atomic E-state index is 10.8. The molecule has 6 heteroatoms. The number of thioether (sulfide) groups is 1. The van der Waals surface area contributed by atoms with Crippen molar-refractivity contribution in [2.75, 3.05) is 11.5 Å². The van der Waals surface area contributed by atoms with Crippen LogP contribution in [0.15, 0.2) is 58.9 Å². The highest BCUT2D eigenvalue weighted by Crippen LogP contribution is 2.40. The summed E-state index contributed by atoms with van der Waals surface area (Å²) in [5.74, 6) is -0.844. The summed E-state index contributed by atoms with van der Waals surface area (Å²) in [6, 6.07) is 17.5. The molecule has 3 rings (SSSR count). The van der Waals surface area contributed by atoms with Crippen molar-refractivity contribution in [2.24, 2.45) is 0 Å². The monoisotopic (exact) mass is 342 g/mol. The summed E-state index contributed by atoms with van der Waals surface area (Å²) in [5.41, 5.74) is 9.37. The van der Waals surface area contributed by atoms with Crippen molar-refractivity contribution >= 4 is 34.8 Å². The number of anilines is 1. The van der Waals surface area contributed by atoms with Gasteiger partial charge in [0.15, 0.2) is 4.34 Å². The third-order valence-corrected chi connectivity index (χ3v) is 5.38. The van der Waals surface area contributed by atoms with Crippen molar-refractivity contribution in [3.63, 3.8) is 0 Å². The highest BCUT2D eigenvalue weighted by Gasteiger charge is 2.15. The Morgan fingerprint density at radius 3 is 2.43 bits per heavy atom. The smallest absolute Gasteiger partial charge is 0.313 e. The first-order valence-electron chi connectivity index (χ1n) is 6.90. The molecule has 116 valence electrons. The predicted molar refractivity (Wildman–Crippen MR) is 95.8 cm³/mol. The fourth-order valence-corrected chi connectivity index (χ4v) is 4.00. The molecular weight excluding hydrogens is 328 g/mol. The number of nitrogens with two attached hydrogens (primary N) is 1. The number of thiazole rings is 1. The van der Waals surface area contributed by atoms with Crippen molar-refractivity contribution in [3.8, 4) is 21.7 Å². The molecule has 1 aromatic heterocycles. The lowest BCUT2D eigenvalue weighted by molar-refractivity contribution is -0.133. The molecule has 0 bridgehead atoms. The Labute approximate surface area is 142 Å². The molecule has 0 radical (unpaired) electrons. The van der Waals surface area contributed by atoms with Crippen molar-refractivity contribution < 1.29 is 9.90 Å². The summed E-state index contributed by atoms with van der Waals surface area (Å²) in [4.78, 5) is 16.4. The van der Waals surface area contributed by atoms with Gasteiger partial charge in [-0.1, -0.05) is 54.2 Å². The zero-order valence-corrected chi connectivity index (χ0v) is 13.7. The largest absolute Gasteiger partial charge is 0.481 e. The Balaban J connectivity index is 2.05. The first kappa shape index (κ1) is 15.6. The number of benzene rings is 2. The van der Waals surface area contributed by atoms with E-state index in [9.17, 15) is 4.79 Å². The molecule has 0 aliphatic rings. The fourth-order valence-electron chi connectivity index (χ4n) is 2.11. The number of rotatable bonds is 5. The van der Waals surface area contributed by atoms with Gasteiger partial charge in [0, 0.05) is 11.3 Å². The average molecular weight is 342 g/mol. The number of carboxylic acid groups (broad SMARTS) is 1. The van der Waals surface area contributed by atoms with Gasteiger partial charge in [-0.3, -0.25) is 4.79 Å². The maximum absolute atomic E-state index is 10.8. The summed E-state index contributed by atoms with van der Waals surface area (Å²) in [6.07, 6.45) is 0. The minimum Gasteiger partial charge on any atom is -0.481 e. The highest BCUT2D eigenvalue weighted by molar-refractivity contribution is 8.01. The third-order valence-electron chi connectivity index (χ3n) is 3.15. The number of aromatic nitrogens is 1. The topological polar surface area (TPSA) is 76.2 Å². The van der Waals surface area contributed by atoms with Gasteiger partial charge in [-0.15, -0.1) is 11.3 Å². The average Bonchev–Trinajstić information content (AvgIpc) is 2.99. The number of aliphatic carboxylic acids is 1. The molecule has 3 aromatic rings. The van der Waals surface area contributed by atoms with Gasteiger partial charge in [0.2, 0.25) is 0 Å². The molecule has 1 heterocycles. The normalized spacial score (nSPS) is 10.6. The lowest BCUT2D eigenvalue weighted by Gasteiger charge is -2.03. The van der Waals surface area contributed by atoms with E-state index in [0.717, 1.165) is 26.0 Å². The fraction of sp³-hybridized carbons (Fsp3) is 0.0588. The molecular formula is C17H14N2O2S2. The first-order valence-corrected chi connectivity index (χ1v) is 8.70. The molecule has 4 nitrogen and oxygen atoms in total. The zero-order valence-electron chi connectivity index (χ0n) is 12.1. The molecule has 0 aliphatic heterocycles. The molecule has 0 saturated heterocycles. The van der Waals surface area contributed by atoms with Crippen LogP contribution < -0.4 is 5.73 Å².